The summed E-state index contributed by atoms with van der Waals surface area (Å²) in [6, 6.07) is 7.42. The number of piperidine rings is 1. The number of rotatable bonds is 6. The fourth-order valence-corrected chi connectivity index (χ4v) is 4.04. The van der Waals surface area contributed by atoms with Crippen LogP contribution in [0.25, 0.3) is 0 Å². The number of carbonyl (C=O) groups is 2. The molecule has 1 aliphatic carbocycles. The second-order valence-corrected chi connectivity index (χ2v) is 8.02. The van der Waals surface area contributed by atoms with Crippen LogP contribution in [0.5, 0.6) is 0 Å². The number of methoxy groups -OCH3 is 1. The van der Waals surface area contributed by atoms with Gasteiger partial charge in [0.05, 0.1) is 12.0 Å². The Morgan fingerprint density at radius 2 is 1.96 bits per heavy atom. The van der Waals surface area contributed by atoms with Gasteiger partial charge >= 0.3 is 0 Å². The number of ether oxygens (including phenoxy) is 1. The predicted molar refractivity (Wildman–Crippen MR) is 106 cm³/mol. The molecule has 6 nitrogen and oxygen atoms in total. The Labute approximate surface area is 161 Å². The van der Waals surface area contributed by atoms with Crippen LogP contribution in [0, 0.1) is 0 Å². The summed E-state index contributed by atoms with van der Waals surface area (Å²) in [5.74, 6) is -0.0148. The van der Waals surface area contributed by atoms with Crippen molar-refractivity contribution in [2.45, 2.75) is 50.2 Å². The van der Waals surface area contributed by atoms with Crippen molar-refractivity contribution in [3.05, 3.63) is 29.8 Å². The van der Waals surface area contributed by atoms with Crippen LogP contribution in [0.15, 0.2) is 24.3 Å². The normalized spacial score (nSPS) is 22.0. The zero-order chi connectivity index (χ0) is 19.4. The second kappa shape index (κ2) is 8.40. The molecule has 1 aliphatic heterocycles. The number of hydrogen-bond acceptors (Lipinski definition) is 4. The lowest BCUT2D eigenvalue weighted by molar-refractivity contribution is -0.129. The van der Waals surface area contributed by atoms with E-state index in [4.69, 9.17) is 4.74 Å². The van der Waals surface area contributed by atoms with Gasteiger partial charge in [0.1, 0.15) is 0 Å². The summed E-state index contributed by atoms with van der Waals surface area (Å²) in [6.45, 7) is 2.01. The molecular formula is C21H31N3O3. The number of nitrogens with one attached hydrogen (secondary N) is 1. The van der Waals surface area contributed by atoms with Gasteiger partial charge in [-0.25, -0.2) is 0 Å². The van der Waals surface area contributed by atoms with Crippen LogP contribution >= 0.6 is 0 Å². The van der Waals surface area contributed by atoms with Crippen molar-refractivity contribution in [3.63, 3.8) is 0 Å². The van der Waals surface area contributed by atoms with Crippen molar-refractivity contribution >= 4 is 17.5 Å². The lowest BCUT2D eigenvalue weighted by atomic mass is 9.77. The van der Waals surface area contributed by atoms with E-state index >= 15 is 0 Å². The molecule has 1 N–H and O–H groups in total. The monoisotopic (exact) mass is 373 g/mol. The molecule has 2 aliphatic rings. The molecule has 0 bridgehead atoms. The molecule has 148 valence electrons. The van der Waals surface area contributed by atoms with E-state index in [2.05, 4.69) is 17.3 Å². The third-order valence-electron chi connectivity index (χ3n) is 6.06. The summed E-state index contributed by atoms with van der Waals surface area (Å²) in [5, 5.41) is 2.91. The highest BCUT2D eigenvalue weighted by Gasteiger charge is 2.39. The molecule has 1 aromatic carbocycles. The van der Waals surface area contributed by atoms with Crippen molar-refractivity contribution in [3.8, 4) is 0 Å². The number of likely N-dealkylation sites (N-methyl/N-ethyl adjacent to an activating group) is 2. The quantitative estimate of drug-likeness (QED) is 0.833. The van der Waals surface area contributed by atoms with Gasteiger partial charge in [0.2, 0.25) is 5.91 Å². The van der Waals surface area contributed by atoms with Gasteiger partial charge in [0.15, 0.2) is 0 Å². The fraction of sp³-hybridized carbons (Fsp3) is 0.619. The summed E-state index contributed by atoms with van der Waals surface area (Å²) in [5.41, 5.74) is 1.08. The highest BCUT2D eigenvalue weighted by molar-refractivity contribution is 5.96. The number of benzene rings is 1. The average Bonchev–Trinajstić information content (AvgIpc) is 2.64. The molecule has 0 radical (unpaired) electrons. The Morgan fingerprint density at radius 1 is 1.26 bits per heavy atom. The van der Waals surface area contributed by atoms with Crippen LogP contribution in [0.2, 0.25) is 0 Å². The Hall–Kier alpha value is -1.92. The van der Waals surface area contributed by atoms with Gasteiger partial charge in [-0.1, -0.05) is 0 Å². The van der Waals surface area contributed by atoms with Crippen molar-refractivity contribution in [2.75, 3.05) is 39.6 Å². The van der Waals surface area contributed by atoms with Crippen LogP contribution in [0.1, 0.15) is 48.9 Å². The number of amides is 2. The lowest BCUT2D eigenvalue weighted by Crippen LogP contribution is -2.47. The van der Waals surface area contributed by atoms with Gasteiger partial charge in [-0.2, -0.15) is 0 Å². The highest BCUT2D eigenvalue weighted by Crippen LogP contribution is 2.38. The Kier molecular flexibility index (Phi) is 6.17. The van der Waals surface area contributed by atoms with E-state index in [1.807, 2.05) is 11.9 Å². The maximum atomic E-state index is 12.8. The molecule has 0 aromatic heterocycles. The van der Waals surface area contributed by atoms with Crippen molar-refractivity contribution in [2.24, 2.45) is 0 Å². The van der Waals surface area contributed by atoms with Gasteiger partial charge in [-0.05, 0) is 70.0 Å². The predicted octanol–water partition coefficient (Wildman–Crippen LogP) is 2.75. The number of hydrogen-bond donors (Lipinski definition) is 1. The summed E-state index contributed by atoms with van der Waals surface area (Å²) in [6.07, 6.45) is 5.53. The third kappa shape index (κ3) is 4.68. The molecule has 1 aromatic rings. The standard InChI is InChI=1S/C21H31N3O3/c1-23-13-4-6-18(15-23)24(2)20(26)16-7-9-17(10-8-16)22-19(25)14-21(27-3)11-5-12-21/h7-10,18H,4-6,11-15H2,1-3H3,(H,22,25)/t18-/m1/s1. The molecule has 2 amide bonds. The Balaban J connectivity index is 1.56. The molecule has 0 unspecified atom stereocenters. The molecule has 6 heteroatoms. The van der Waals surface area contributed by atoms with Gasteiger partial charge in [0.25, 0.3) is 5.91 Å². The molecular weight excluding hydrogens is 342 g/mol. The smallest absolute Gasteiger partial charge is 0.253 e. The van der Waals surface area contributed by atoms with Crippen molar-refractivity contribution in [1.29, 1.82) is 0 Å². The van der Waals surface area contributed by atoms with E-state index in [1.165, 1.54) is 0 Å². The fourth-order valence-electron chi connectivity index (χ4n) is 4.04. The van der Waals surface area contributed by atoms with E-state index in [9.17, 15) is 9.59 Å². The number of likely N-dealkylation sites (tertiary alicyclic amines) is 1. The first-order valence-electron chi connectivity index (χ1n) is 9.83. The van der Waals surface area contributed by atoms with Gasteiger partial charge < -0.3 is 19.9 Å². The molecule has 2 fully saturated rings. The van der Waals surface area contributed by atoms with E-state index in [-0.39, 0.29) is 23.5 Å². The first-order chi connectivity index (χ1) is 12.9. The van der Waals surface area contributed by atoms with Gasteiger partial charge in [0, 0.05) is 38.0 Å². The first kappa shape index (κ1) is 19.8. The molecule has 1 atom stereocenters. The van der Waals surface area contributed by atoms with Crippen LogP contribution in [0.3, 0.4) is 0 Å². The highest BCUT2D eigenvalue weighted by atomic mass is 16.5. The maximum Gasteiger partial charge on any atom is 0.253 e. The molecule has 27 heavy (non-hydrogen) atoms. The topological polar surface area (TPSA) is 61.9 Å². The molecule has 1 saturated heterocycles. The SMILES string of the molecule is COC1(CC(=O)Nc2ccc(C(=O)N(C)[C@@H]3CCCN(C)C3)cc2)CCC1. The Morgan fingerprint density at radius 3 is 2.52 bits per heavy atom. The average molecular weight is 373 g/mol. The third-order valence-corrected chi connectivity index (χ3v) is 6.06. The van der Waals surface area contributed by atoms with E-state index < -0.39 is 0 Å². The molecule has 3 rings (SSSR count). The van der Waals surface area contributed by atoms with Gasteiger partial charge in [-0.15, -0.1) is 0 Å². The van der Waals surface area contributed by atoms with Crippen LogP contribution in [0.4, 0.5) is 5.69 Å². The van der Waals surface area contributed by atoms with Gasteiger partial charge in [-0.3, -0.25) is 9.59 Å². The van der Waals surface area contributed by atoms with Crippen LogP contribution in [-0.4, -0.2) is 67.6 Å². The lowest BCUT2D eigenvalue weighted by Gasteiger charge is -2.39. The minimum absolute atomic E-state index is 0.0287. The van der Waals surface area contributed by atoms with Crippen molar-refractivity contribution in [1.82, 2.24) is 9.80 Å². The number of anilines is 1. The summed E-state index contributed by atoms with van der Waals surface area (Å²) < 4.78 is 5.51. The second-order valence-electron chi connectivity index (χ2n) is 8.02. The maximum absolute atomic E-state index is 12.8. The minimum atomic E-state index is -0.282. The zero-order valence-electron chi connectivity index (χ0n) is 16.7. The molecule has 1 heterocycles. The summed E-state index contributed by atoms with van der Waals surface area (Å²) in [7, 11) is 5.65. The van der Waals surface area contributed by atoms with Crippen molar-refractivity contribution < 1.29 is 14.3 Å². The largest absolute Gasteiger partial charge is 0.378 e. The Bertz CT molecular complexity index is 664. The zero-order valence-corrected chi connectivity index (χ0v) is 16.7. The first-order valence-corrected chi connectivity index (χ1v) is 9.83. The number of nitrogens with zero attached hydrogens (tertiary/aromatic N) is 2. The van der Waals surface area contributed by atoms with Crippen LogP contribution < -0.4 is 5.32 Å². The summed E-state index contributed by atoms with van der Waals surface area (Å²) >= 11 is 0. The van der Waals surface area contributed by atoms with E-state index in [0.717, 1.165) is 45.2 Å². The van der Waals surface area contributed by atoms with E-state index in [1.54, 1.807) is 31.4 Å². The van der Waals surface area contributed by atoms with Crippen LogP contribution in [-0.2, 0) is 9.53 Å². The number of carbonyl (C=O) groups excluding carboxylic acids is 2. The summed E-state index contributed by atoms with van der Waals surface area (Å²) in [4.78, 5) is 29.2. The molecule has 1 saturated carbocycles. The minimum Gasteiger partial charge on any atom is -0.378 e. The molecule has 0 spiro atoms. The van der Waals surface area contributed by atoms with E-state index in [0.29, 0.717) is 17.7 Å².